The molecule has 4 aromatic rings. The molecule has 0 aliphatic carbocycles. The molecule has 2 atom stereocenters. The van der Waals surface area contributed by atoms with Crippen LogP contribution in [0.5, 0.6) is 0 Å². The van der Waals surface area contributed by atoms with E-state index in [4.69, 9.17) is 16.6 Å². The number of carbonyl (C=O) groups is 2. The number of hydrogen-bond acceptors (Lipinski definition) is 12. The fourth-order valence-electron chi connectivity index (χ4n) is 8.08. The maximum Gasteiger partial charge on any atom is 0.329 e. The zero-order valence-electron chi connectivity index (χ0n) is 30.9. The third kappa shape index (κ3) is 8.34. The number of urea groups is 2. The Labute approximate surface area is 325 Å². The first kappa shape index (κ1) is 36.6. The third-order valence-electron chi connectivity index (χ3n) is 10.8. The Hall–Kier alpha value is -5.35. The third-order valence-corrected chi connectivity index (χ3v) is 11.0. The Morgan fingerprint density at radius 1 is 0.636 bits per heavy atom. The molecule has 0 radical (unpaired) electrons. The van der Waals surface area contributed by atoms with Crippen LogP contribution in [0.2, 0.25) is 5.15 Å². The van der Waals surface area contributed by atoms with Gasteiger partial charge in [-0.3, -0.25) is 30.4 Å². The van der Waals surface area contributed by atoms with E-state index in [1.807, 2.05) is 11.0 Å². The first-order chi connectivity index (χ1) is 27.0. The lowest BCUT2D eigenvalue weighted by Gasteiger charge is -2.37. The van der Waals surface area contributed by atoms with Gasteiger partial charge in [0.15, 0.2) is 23.3 Å². The number of nitrogens with zero attached hydrogens (tertiary/aromatic N) is 11. The molecule has 10 heterocycles. The van der Waals surface area contributed by atoms with Crippen LogP contribution in [0.25, 0.3) is 0 Å². The lowest BCUT2D eigenvalue weighted by atomic mass is 10.1. The van der Waals surface area contributed by atoms with Crippen LogP contribution in [0, 0.1) is 0 Å². The van der Waals surface area contributed by atoms with E-state index in [0.717, 1.165) is 75.1 Å². The molecular weight excluding hydrogens is 720 g/mol. The van der Waals surface area contributed by atoms with E-state index in [1.54, 1.807) is 35.8 Å². The Morgan fingerprint density at radius 2 is 1.18 bits per heavy atom. The summed E-state index contributed by atoms with van der Waals surface area (Å²) >= 11 is 6.01. The molecule has 10 rings (SSSR count). The molecule has 16 nitrogen and oxygen atoms in total. The summed E-state index contributed by atoms with van der Waals surface area (Å²) in [6, 6.07) is 7.66. The van der Waals surface area contributed by atoms with Crippen molar-refractivity contribution in [3.63, 3.8) is 0 Å². The van der Waals surface area contributed by atoms with Gasteiger partial charge < -0.3 is 20.0 Å². The van der Waals surface area contributed by atoms with Gasteiger partial charge in [-0.2, -0.15) is 0 Å². The van der Waals surface area contributed by atoms with E-state index in [-0.39, 0.29) is 24.1 Å². The Balaban J connectivity index is 0.000000137. The number of anilines is 7. The van der Waals surface area contributed by atoms with Crippen molar-refractivity contribution in [3.8, 4) is 0 Å². The highest BCUT2D eigenvalue weighted by atomic mass is 35.5. The molecule has 17 heteroatoms. The Morgan fingerprint density at radius 3 is 1.69 bits per heavy atom. The maximum atomic E-state index is 13.1. The van der Waals surface area contributed by atoms with Gasteiger partial charge in [0.05, 0.1) is 35.9 Å². The molecule has 0 aromatic carbocycles. The summed E-state index contributed by atoms with van der Waals surface area (Å²) in [6.45, 7) is 8.10. The average molecular weight is 767 g/mol. The van der Waals surface area contributed by atoms with Crippen LogP contribution in [0.15, 0.2) is 61.4 Å². The van der Waals surface area contributed by atoms with Crippen LogP contribution in [-0.4, -0.2) is 106 Å². The van der Waals surface area contributed by atoms with E-state index < -0.39 is 0 Å². The van der Waals surface area contributed by atoms with Gasteiger partial charge in [-0.1, -0.05) is 18.0 Å². The number of carbonyl (C=O) groups excluding carboxylic acids is 2. The zero-order chi connectivity index (χ0) is 37.6. The highest BCUT2D eigenvalue weighted by Gasteiger charge is 2.42. The smallest absolute Gasteiger partial charge is 0.329 e. The molecule has 4 saturated heterocycles. The zero-order valence-corrected chi connectivity index (χ0v) is 31.6. The molecule has 0 unspecified atom stereocenters. The molecular formula is C38H47ClN14O2. The molecule has 288 valence electrons. The van der Waals surface area contributed by atoms with Crippen molar-refractivity contribution in [2.24, 2.45) is 0 Å². The van der Waals surface area contributed by atoms with E-state index >= 15 is 0 Å². The van der Waals surface area contributed by atoms with Crippen LogP contribution in [0.4, 0.5) is 50.1 Å². The first-order valence-electron chi connectivity index (χ1n) is 19.4. The van der Waals surface area contributed by atoms with E-state index in [2.05, 4.69) is 67.7 Å². The molecule has 55 heavy (non-hydrogen) atoms. The number of pyridine rings is 2. The topological polar surface area (TPSA) is 164 Å². The van der Waals surface area contributed by atoms with Crippen molar-refractivity contribution >= 4 is 64.1 Å². The highest BCUT2D eigenvalue weighted by molar-refractivity contribution is 6.29. The number of nitrogens with one attached hydrogen (secondary N) is 3. The summed E-state index contributed by atoms with van der Waals surface area (Å²) in [5.41, 5.74) is 1.98. The number of amides is 4. The van der Waals surface area contributed by atoms with Crippen molar-refractivity contribution in [2.45, 2.75) is 63.5 Å². The number of hydrogen-bond donors (Lipinski definition) is 3. The second-order valence-electron chi connectivity index (χ2n) is 14.4. The van der Waals surface area contributed by atoms with Gasteiger partial charge in [0, 0.05) is 64.1 Å². The van der Waals surface area contributed by atoms with Crippen molar-refractivity contribution in [3.05, 3.63) is 66.6 Å². The molecule has 3 N–H and O–H groups in total. The standard InChI is InChI=1S/C19H23N7O.C14H13ClN6O.C5H11N/c27-19(22-16-12-20-7-8-21-16)26-14-6-11-25(13-14)15-4-5-17(23-18(15)26)24-9-2-1-3-10-24;15-11-2-1-10-13(18-11)21(9-3-6-20(10)8-9)14(22)19-12-7-16-4-5-17-12;1-2-4-6-5-3-1/h4-5,7-8,12,14H,1-3,6,9-11,13H2,(H,21,22,27);1-2,4-5,7,9H,3,6,8H2,(H,17,19,22);6H,1-5H2/t14-;9-;/m00./s1. The van der Waals surface area contributed by atoms with Crippen molar-refractivity contribution in [2.75, 3.05) is 87.5 Å². The molecule has 4 bridgehead atoms. The van der Waals surface area contributed by atoms with E-state index in [1.165, 1.54) is 64.0 Å². The minimum Gasteiger partial charge on any atom is -0.366 e. The lowest BCUT2D eigenvalue weighted by molar-refractivity contribution is 0.254. The number of piperidine rings is 2. The molecule has 0 spiro atoms. The fourth-order valence-corrected chi connectivity index (χ4v) is 8.22. The van der Waals surface area contributed by atoms with Gasteiger partial charge in [-0.15, -0.1) is 0 Å². The van der Waals surface area contributed by atoms with Gasteiger partial charge in [-0.05, 0) is 82.3 Å². The number of fused-ring (bicyclic) bond motifs is 8. The predicted molar refractivity (Wildman–Crippen MR) is 215 cm³/mol. The Bertz CT molecular complexity index is 1920. The van der Waals surface area contributed by atoms with Crippen LogP contribution in [0.3, 0.4) is 0 Å². The summed E-state index contributed by atoms with van der Waals surface area (Å²) in [5, 5.41) is 9.30. The molecule has 6 aliphatic rings. The minimum atomic E-state index is -0.261. The van der Waals surface area contributed by atoms with Gasteiger partial charge in [-0.25, -0.2) is 29.5 Å². The SMILES string of the molecule is C1CCNCC1.O=C(Nc1cnccn1)N1c2nc(Cl)ccc2N2CC[C@H]1C2.O=C(Nc1cnccn1)N1c2nc(N3CCCCC3)ccc2N2CC[C@H]1C2. The minimum absolute atomic E-state index is 0.0927. The first-order valence-corrected chi connectivity index (χ1v) is 19.8. The normalized spacial score (nSPS) is 20.6. The molecule has 4 aromatic heterocycles. The van der Waals surface area contributed by atoms with Gasteiger partial charge in [0.2, 0.25) is 0 Å². The van der Waals surface area contributed by atoms with Gasteiger partial charge >= 0.3 is 12.1 Å². The molecule has 6 aliphatic heterocycles. The summed E-state index contributed by atoms with van der Waals surface area (Å²) in [7, 11) is 0. The van der Waals surface area contributed by atoms with Gasteiger partial charge in [0.1, 0.15) is 11.0 Å². The summed E-state index contributed by atoms with van der Waals surface area (Å²) < 4.78 is 0. The maximum absolute atomic E-state index is 13.1. The monoisotopic (exact) mass is 766 g/mol. The van der Waals surface area contributed by atoms with Crippen LogP contribution in [0.1, 0.15) is 51.4 Å². The molecule has 4 amide bonds. The van der Waals surface area contributed by atoms with E-state index in [0.29, 0.717) is 22.6 Å². The van der Waals surface area contributed by atoms with Gasteiger partial charge in [0.25, 0.3) is 0 Å². The van der Waals surface area contributed by atoms with Crippen molar-refractivity contribution in [1.29, 1.82) is 0 Å². The largest absolute Gasteiger partial charge is 0.366 e. The predicted octanol–water partition coefficient (Wildman–Crippen LogP) is 5.41. The molecule has 0 saturated carbocycles. The summed E-state index contributed by atoms with van der Waals surface area (Å²) in [5.74, 6) is 3.19. The quantitative estimate of drug-likeness (QED) is 0.228. The number of halogens is 1. The van der Waals surface area contributed by atoms with Crippen molar-refractivity contribution < 1.29 is 9.59 Å². The second kappa shape index (κ2) is 17.0. The number of rotatable bonds is 3. The van der Waals surface area contributed by atoms with Crippen LogP contribution < -0.4 is 40.4 Å². The summed E-state index contributed by atoms with van der Waals surface area (Å²) in [6.07, 6.45) is 19.1. The average Bonchev–Trinajstić information content (AvgIpc) is 3.85. The summed E-state index contributed by atoms with van der Waals surface area (Å²) in [4.78, 5) is 61.6. The van der Waals surface area contributed by atoms with E-state index in [9.17, 15) is 9.59 Å². The van der Waals surface area contributed by atoms with Crippen LogP contribution in [-0.2, 0) is 0 Å². The van der Waals surface area contributed by atoms with Crippen molar-refractivity contribution in [1.82, 2.24) is 35.2 Å². The highest BCUT2D eigenvalue weighted by Crippen LogP contribution is 2.41. The lowest BCUT2D eigenvalue weighted by Crippen LogP contribution is -2.48. The second-order valence-corrected chi connectivity index (χ2v) is 14.8. The fraction of sp³-hybridized carbons (Fsp3) is 0.474. The van der Waals surface area contributed by atoms with Crippen LogP contribution >= 0.6 is 11.6 Å². The number of aromatic nitrogens is 6. The Kier molecular flexibility index (Phi) is 11.3. The molecule has 4 fully saturated rings.